The molecule has 0 unspecified atom stereocenters. The molecule has 0 fully saturated rings. The zero-order valence-corrected chi connectivity index (χ0v) is 33.2. The molecule has 5 aromatic rings. The Morgan fingerprint density at radius 3 is 1.64 bits per heavy atom. The largest absolute Gasteiger partial charge is 0.507 e. The van der Waals surface area contributed by atoms with Crippen molar-refractivity contribution in [2.45, 2.75) is 131 Å². The molecule has 4 aromatic carbocycles. The Balaban J connectivity index is 1.71. The van der Waals surface area contributed by atoms with Gasteiger partial charge < -0.3 is 9.52 Å². The fourth-order valence-electron chi connectivity index (χ4n) is 6.11. The lowest BCUT2D eigenvalue weighted by Gasteiger charge is -2.27. The molecule has 0 aliphatic carbocycles. The number of nitrogens with zero attached hydrogens (tertiary/aromatic N) is 2. The number of hydrogen-bond acceptors (Lipinski definition) is 4. The van der Waals surface area contributed by atoms with Gasteiger partial charge in [-0.05, 0) is 85.2 Å². The summed E-state index contributed by atoms with van der Waals surface area (Å²) in [4.78, 5) is 10.2. The van der Waals surface area contributed by atoms with Gasteiger partial charge in [0, 0.05) is 22.9 Å². The molecule has 5 rings (SSSR count). The average Bonchev–Trinajstić information content (AvgIpc) is 3.42. The second-order valence-electron chi connectivity index (χ2n) is 19.2. The highest BCUT2D eigenvalue weighted by Crippen LogP contribution is 2.42. The summed E-state index contributed by atoms with van der Waals surface area (Å²) < 4.78 is 6.66. The van der Waals surface area contributed by atoms with Gasteiger partial charge in [0.1, 0.15) is 11.3 Å². The number of fused-ring (bicyclic) bond motifs is 1. The van der Waals surface area contributed by atoms with Crippen molar-refractivity contribution in [2.75, 3.05) is 0 Å². The van der Waals surface area contributed by atoms with Crippen LogP contribution in [0.5, 0.6) is 5.75 Å². The van der Waals surface area contributed by atoms with Crippen LogP contribution >= 0.6 is 0 Å². The third-order valence-corrected chi connectivity index (χ3v) is 9.63. The highest BCUT2D eigenvalue weighted by Gasteiger charge is 2.27. The molecule has 0 atom stereocenters. The van der Waals surface area contributed by atoms with Gasteiger partial charge in [-0.1, -0.05) is 140 Å². The lowest BCUT2D eigenvalue weighted by Crippen LogP contribution is -2.17. The van der Waals surface area contributed by atoms with Gasteiger partial charge in [0.25, 0.3) is 0 Å². The van der Waals surface area contributed by atoms with Gasteiger partial charge in [0.2, 0.25) is 5.89 Å². The van der Waals surface area contributed by atoms with Crippen LogP contribution in [0, 0.1) is 0 Å². The highest BCUT2D eigenvalue weighted by atomic mass is 16.3. The summed E-state index contributed by atoms with van der Waals surface area (Å²) in [5.41, 5.74) is 11.4. The number of aliphatic imine (C=N–C) groups is 1. The summed E-state index contributed by atoms with van der Waals surface area (Å²) in [5.74, 6) is 0.784. The Bertz CT molecular complexity index is 2040. The smallest absolute Gasteiger partial charge is 0.229 e. The number of aromatic hydroxyl groups is 1. The van der Waals surface area contributed by atoms with E-state index in [1.165, 1.54) is 16.7 Å². The zero-order chi connectivity index (χ0) is 37.2. The van der Waals surface area contributed by atoms with E-state index in [0.29, 0.717) is 11.5 Å². The molecular weight excluding hydrogens is 613 g/mol. The Labute approximate surface area is 301 Å². The fraction of sp³-hybridized carbons (Fsp3) is 0.435. The van der Waals surface area contributed by atoms with Gasteiger partial charge in [-0.2, -0.15) is 0 Å². The number of aromatic nitrogens is 1. The van der Waals surface area contributed by atoms with Crippen LogP contribution in [-0.2, 0) is 27.1 Å². The molecule has 264 valence electrons. The summed E-state index contributed by atoms with van der Waals surface area (Å²) >= 11 is 0. The first-order valence-electron chi connectivity index (χ1n) is 18.0. The molecule has 0 aliphatic rings. The maximum atomic E-state index is 11.4. The molecule has 1 aromatic heterocycles. The van der Waals surface area contributed by atoms with Crippen molar-refractivity contribution in [3.8, 4) is 28.3 Å². The van der Waals surface area contributed by atoms with E-state index in [0.717, 1.165) is 44.6 Å². The van der Waals surface area contributed by atoms with Gasteiger partial charge in [-0.25, -0.2) is 4.98 Å². The minimum Gasteiger partial charge on any atom is -0.507 e. The van der Waals surface area contributed by atoms with Crippen molar-refractivity contribution in [2.24, 2.45) is 4.99 Å². The molecule has 4 heteroatoms. The number of phenolic OH excluding ortho intramolecular Hbond substituents is 1. The molecule has 0 spiro atoms. The second kappa shape index (κ2) is 12.5. The van der Waals surface area contributed by atoms with Gasteiger partial charge in [-0.3, -0.25) is 4.99 Å². The number of hydrogen-bond donors (Lipinski definition) is 1. The summed E-state index contributed by atoms with van der Waals surface area (Å²) in [6.07, 6.45) is 1.77. The number of phenols is 1. The molecular formula is C46H58N2O2. The van der Waals surface area contributed by atoms with E-state index >= 15 is 0 Å². The molecule has 0 saturated carbocycles. The van der Waals surface area contributed by atoms with Crippen LogP contribution < -0.4 is 0 Å². The predicted octanol–water partition coefficient (Wildman–Crippen LogP) is 13.1. The second-order valence-corrected chi connectivity index (χ2v) is 19.2. The monoisotopic (exact) mass is 670 g/mol. The SMILES string of the molecule is CC(C)(C)c1cc(-c2cc(C(C)(C)C)cc3oc(-c4ccccc4N=Cc4cc(C(C)(C)C)cc(C(C)(C)C)c4O)nc23)cc(C(C)(C)C)c1. The molecule has 1 heterocycles. The number of rotatable bonds is 4. The molecule has 0 radical (unpaired) electrons. The van der Waals surface area contributed by atoms with Gasteiger partial charge in [-0.15, -0.1) is 0 Å². The summed E-state index contributed by atoms with van der Waals surface area (Å²) in [7, 11) is 0. The van der Waals surface area contributed by atoms with Gasteiger partial charge >= 0.3 is 0 Å². The minimum absolute atomic E-state index is 0.0167. The van der Waals surface area contributed by atoms with Crippen LogP contribution in [-0.4, -0.2) is 16.3 Å². The lowest BCUT2D eigenvalue weighted by molar-refractivity contribution is 0.444. The van der Waals surface area contributed by atoms with E-state index in [1.807, 2.05) is 30.3 Å². The Morgan fingerprint density at radius 1 is 0.580 bits per heavy atom. The Hall–Kier alpha value is -4.18. The van der Waals surface area contributed by atoms with Gasteiger partial charge in [0.15, 0.2) is 5.58 Å². The van der Waals surface area contributed by atoms with Crippen molar-refractivity contribution in [1.29, 1.82) is 0 Å². The van der Waals surface area contributed by atoms with Crippen molar-refractivity contribution in [3.05, 3.63) is 100 Å². The van der Waals surface area contributed by atoms with Crippen LogP contribution in [0.25, 0.3) is 33.7 Å². The quantitative estimate of drug-likeness (QED) is 0.194. The van der Waals surface area contributed by atoms with E-state index in [1.54, 1.807) is 6.21 Å². The van der Waals surface area contributed by atoms with E-state index < -0.39 is 0 Å². The van der Waals surface area contributed by atoms with E-state index in [9.17, 15) is 5.11 Å². The molecule has 0 amide bonds. The molecule has 0 aliphatic heterocycles. The average molecular weight is 671 g/mol. The normalized spacial score (nSPS) is 13.5. The fourth-order valence-corrected chi connectivity index (χ4v) is 6.11. The molecule has 0 bridgehead atoms. The van der Waals surface area contributed by atoms with Crippen LogP contribution in [0.1, 0.15) is 137 Å². The number of benzene rings is 4. The van der Waals surface area contributed by atoms with Crippen molar-refractivity contribution < 1.29 is 9.52 Å². The number of para-hydroxylation sites is 1. The third kappa shape index (κ3) is 7.75. The van der Waals surface area contributed by atoms with Crippen molar-refractivity contribution in [3.63, 3.8) is 0 Å². The maximum absolute atomic E-state index is 11.4. The first-order valence-corrected chi connectivity index (χ1v) is 18.0. The minimum atomic E-state index is -0.228. The van der Waals surface area contributed by atoms with Crippen LogP contribution in [0.4, 0.5) is 5.69 Å². The maximum Gasteiger partial charge on any atom is 0.229 e. The molecule has 4 nitrogen and oxygen atoms in total. The Morgan fingerprint density at radius 2 is 1.10 bits per heavy atom. The van der Waals surface area contributed by atoms with Crippen molar-refractivity contribution in [1.82, 2.24) is 4.98 Å². The zero-order valence-electron chi connectivity index (χ0n) is 33.2. The highest BCUT2D eigenvalue weighted by molar-refractivity contribution is 5.94. The van der Waals surface area contributed by atoms with Crippen molar-refractivity contribution >= 4 is 23.0 Å². The first kappa shape index (κ1) is 37.1. The van der Waals surface area contributed by atoms with Crippen LogP contribution in [0.2, 0.25) is 0 Å². The van der Waals surface area contributed by atoms with Gasteiger partial charge in [0.05, 0.1) is 11.3 Å². The molecule has 1 N–H and O–H groups in total. The predicted molar refractivity (Wildman–Crippen MR) is 214 cm³/mol. The number of oxazole rings is 1. The van der Waals surface area contributed by atoms with Crippen LogP contribution in [0.15, 0.2) is 76.1 Å². The van der Waals surface area contributed by atoms with Crippen LogP contribution in [0.3, 0.4) is 0 Å². The first-order chi connectivity index (χ1) is 22.8. The third-order valence-electron chi connectivity index (χ3n) is 9.63. The summed E-state index contributed by atoms with van der Waals surface area (Å²) in [5, 5.41) is 11.4. The standard InChI is InChI=1S/C46H58N2O2/c1-42(2,3)30-20-28(21-31(23-30)43(4,5)6)35-24-33(45(10,11)12)26-38-39(35)48-41(50-38)34-18-16-17-19-37(34)47-27-29-22-32(44(7,8)9)25-36(40(29)49)46(13,14)15/h16-27,49H,1-15H3. The Kier molecular flexibility index (Phi) is 9.31. The molecule has 50 heavy (non-hydrogen) atoms. The summed E-state index contributed by atoms with van der Waals surface area (Å²) in [6, 6.07) is 23.6. The molecule has 0 saturated heterocycles. The van der Waals surface area contributed by atoms with E-state index in [4.69, 9.17) is 14.4 Å². The topological polar surface area (TPSA) is 58.6 Å². The summed E-state index contributed by atoms with van der Waals surface area (Å²) in [6.45, 7) is 33.3. The lowest BCUT2D eigenvalue weighted by atomic mass is 9.78. The van der Waals surface area contributed by atoms with E-state index in [-0.39, 0.29) is 32.8 Å². The van der Waals surface area contributed by atoms with E-state index in [2.05, 4.69) is 140 Å².